The van der Waals surface area contributed by atoms with Crippen molar-refractivity contribution >= 4 is 35.7 Å². The lowest BCUT2D eigenvalue weighted by molar-refractivity contribution is -0.153. The first kappa shape index (κ1) is 45.0. The molecule has 2 aliphatic heterocycles. The number of hydrogen-bond acceptors (Lipinski definition) is 6. The van der Waals surface area contributed by atoms with E-state index in [2.05, 4.69) is 28.0 Å². The van der Waals surface area contributed by atoms with E-state index < -0.39 is 63.7 Å². The molecule has 55 heavy (non-hydrogen) atoms. The lowest BCUT2D eigenvalue weighted by Gasteiger charge is -2.41. The molecule has 0 aliphatic carbocycles. The molecule has 13 nitrogen and oxygen atoms in total. The molecule has 4 N–H and O–H groups in total. The van der Waals surface area contributed by atoms with Crippen LogP contribution in [-0.2, 0) is 19.2 Å². The van der Waals surface area contributed by atoms with Crippen LogP contribution in [0.3, 0.4) is 0 Å². The van der Waals surface area contributed by atoms with Gasteiger partial charge in [0.05, 0.1) is 12.1 Å². The Morgan fingerprint density at radius 1 is 0.927 bits per heavy atom. The van der Waals surface area contributed by atoms with Gasteiger partial charge in [-0.2, -0.15) is 0 Å². The number of nitrogens with zero attached hydrogens (tertiary/aromatic N) is 3. The number of hydrazine groups is 1. The van der Waals surface area contributed by atoms with Gasteiger partial charge in [0.15, 0.2) is 0 Å². The first-order valence-corrected chi connectivity index (χ1v) is 19.6. The van der Waals surface area contributed by atoms with Crippen LogP contribution < -0.4 is 21.4 Å². The van der Waals surface area contributed by atoms with Gasteiger partial charge in [0, 0.05) is 32.5 Å². The number of rotatable bonds is 12. The lowest BCUT2D eigenvalue weighted by atomic mass is 9.74. The summed E-state index contributed by atoms with van der Waals surface area (Å²) in [6.07, 6.45) is 3.30. The van der Waals surface area contributed by atoms with Crippen LogP contribution in [0, 0.1) is 27.6 Å². The van der Waals surface area contributed by atoms with Gasteiger partial charge in [0.2, 0.25) is 17.7 Å². The van der Waals surface area contributed by atoms with E-state index >= 15 is 0 Å². The highest BCUT2D eigenvalue weighted by Crippen LogP contribution is 2.41. The summed E-state index contributed by atoms with van der Waals surface area (Å²) in [4.78, 5) is 85.2. The van der Waals surface area contributed by atoms with Crippen molar-refractivity contribution in [2.75, 3.05) is 19.6 Å². The summed E-state index contributed by atoms with van der Waals surface area (Å²) in [6.45, 7) is 27.2. The lowest BCUT2D eigenvalue weighted by Crippen LogP contribution is -2.63. The molecule has 2 saturated heterocycles. The van der Waals surface area contributed by atoms with Gasteiger partial charge in [-0.15, -0.1) is 6.58 Å². The van der Waals surface area contributed by atoms with Crippen LogP contribution >= 0.6 is 0 Å². The van der Waals surface area contributed by atoms with E-state index in [0.717, 1.165) is 5.56 Å². The molecular weight excluding hydrogens is 699 g/mol. The molecule has 0 bridgehead atoms. The van der Waals surface area contributed by atoms with Gasteiger partial charge in [-0.25, -0.2) is 14.6 Å². The number of nitrogens with one attached hydrogen (secondary N) is 4. The highest BCUT2D eigenvalue weighted by atomic mass is 16.2. The molecule has 3 rings (SSSR count). The van der Waals surface area contributed by atoms with Crippen LogP contribution in [0.4, 0.5) is 9.59 Å². The minimum Gasteiger partial charge on any atom is -0.333 e. The van der Waals surface area contributed by atoms with Gasteiger partial charge in [0.1, 0.15) is 12.1 Å². The zero-order valence-electron chi connectivity index (χ0n) is 35.3. The molecule has 2 heterocycles. The zero-order chi connectivity index (χ0) is 41.7. The molecule has 0 unspecified atom stereocenters. The predicted octanol–water partition coefficient (Wildman–Crippen LogP) is 5.93. The fraction of sp³-hybridized carbons (Fsp3) is 0.667. The van der Waals surface area contributed by atoms with Crippen LogP contribution in [-0.4, -0.2) is 88.3 Å². The molecule has 0 aromatic heterocycles. The third-order valence-electron chi connectivity index (χ3n) is 11.0. The first-order chi connectivity index (χ1) is 25.3. The smallest absolute Gasteiger partial charge is 0.333 e. The van der Waals surface area contributed by atoms with Crippen molar-refractivity contribution in [2.45, 2.75) is 133 Å². The normalized spacial score (nSPS) is 20.6. The number of likely N-dealkylation sites (tertiary alicyclic amines) is 2. The third-order valence-corrected chi connectivity index (χ3v) is 11.0. The third kappa shape index (κ3) is 11.5. The van der Waals surface area contributed by atoms with Crippen molar-refractivity contribution in [3.63, 3.8) is 0 Å². The van der Waals surface area contributed by atoms with E-state index in [4.69, 9.17) is 0 Å². The molecule has 2 fully saturated rings. The first-order valence-electron chi connectivity index (χ1n) is 19.6. The molecule has 1 aromatic rings. The van der Waals surface area contributed by atoms with Crippen molar-refractivity contribution in [3.8, 4) is 0 Å². The molecule has 0 radical (unpaired) electrons. The topological polar surface area (TPSA) is 160 Å². The van der Waals surface area contributed by atoms with Gasteiger partial charge < -0.3 is 20.9 Å². The summed E-state index contributed by atoms with van der Waals surface area (Å²) in [5.74, 6) is -1.85. The van der Waals surface area contributed by atoms with Crippen molar-refractivity contribution < 1.29 is 28.8 Å². The van der Waals surface area contributed by atoms with Crippen molar-refractivity contribution in [3.05, 3.63) is 48.6 Å². The molecule has 5 atom stereocenters. The number of piperidine rings is 1. The van der Waals surface area contributed by atoms with E-state index in [0.29, 0.717) is 12.8 Å². The van der Waals surface area contributed by atoms with Crippen molar-refractivity contribution in [1.82, 2.24) is 36.2 Å². The van der Waals surface area contributed by atoms with Crippen LogP contribution in [0.25, 0.3) is 0 Å². The van der Waals surface area contributed by atoms with E-state index in [-0.39, 0.29) is 56.3 Å². The predicted molar refractivity (Wildman–Crippen MR) is 214 cm³/mol. The fourth-order valence-electron chi connectivity index (χ4n) is 7.29. The van der Waals surface area contributed by atoms with E-state index in [1.807, 2.05) is 113 Å². The number of imide groups is 1. The zero-order valence-corrected chi connectivity index (χ0v) is 35.3. The molecule has 2 aliphatic rings. The number of urea groups is 2. The monoisotopic (exact) mass is 766 g/mol. The number of carbonyl (C=O) groups excluding carboxylic acids is 6. The number of allylic oxidation sites excluding steroid dienone is 1. The Bertz CT molecular complexity index is 1560. The molecule has 0 spiro atoms. The second-order valence-corrected chi connectivity index (χ2v) is 18.9. The Labute approximate surface area is 328 Å². The van der Waals surface area contributed by atoms with Crippen LogP contribution in [0.1, 0.15) is 120 Å². The second kappa shape index (κ2) is 17.6. The standard InChI is InChI=1S/C42H67N7O6/c1-14-22-49(38(55)43-27(3)28-19-17-16-18-20-28)46-35(52)33-29(42(12,13)15-2)21-23-47(33)36(53)34(40(7,8)9)45-37(54)44-30(39(4,5)6)26-48-31(50)24-41(10,11)25-32(48)51/h15-20,27,29-30,33-34H,2,14,21-26H2,1,3-13H3,(H,43,55)(H,46,52)(H2,44,45,54)/t27-,29-,30+,33-,34+/m0/s1. The highest BCUT2D eigenvalue weighted by Gasteiger charge is 2.51. The average Bonchev–Trinajstić information content (AvgIpc) is 3.53. The minimum absolute atomic E-state index is 0.00253. The molecule has 1 aromatic carbocycles. The Kier molecular flexibility index (Phi) is 14.4. The largest absolute Gasteiger partial charge is 0.336 e. The van der Waals surface area contributed by atoms with E-state index in [1.54, 1.807) is 6.08 Å². The SMILES string of the molecule is C=CC(C)(C)[C@H]1CCN(C(=O)[C@@H](NC(=O)N[C@H](CN2C(=O)CC(C)(C)CC2=O)C(C)(C)C)C(C)(C)C)[C@@H]1C(=O)NN(CCC)C(=O)N[C@@H](C)c1ccccc1. The summed E-state index contributed by atoms with van der Waals surface area (Å²) in [5.41, 5.74) is 1.42. The summed E-state index contributed by atoms with van der Waals surface area (Å²) in [6, 6.07) is 5.42. The summed E-state index contributed by atoms with van der Waals surface area (Å²) >= 11 is 0. The van der Waals surface area contributed by atoms with E-state index in [9.17, 15) is 28.8 Å². The van der Waals surface area contributed by atoms with Gasteiger partial charge in [-0.3, -0.25) is 29.5 Å². The fourth-order valence-corrected chi connectivity index (χ4v) is 7.29. The Morgan fingerprint density at radius 3 is 2.02 bits per heavy atom. The number of hydrogen-bond donors (Lipinski definition) is 4. The van der Waals surface area contributed by atoms with E-state index in [1.165, 1.54) is 14.8 Å². The number of amides is 8. The molecule has 306 valence electrons. The summed E-state index contributed by atoms with van der Waals surface area (Å²) < 4.78 is 0. The van der Waals surface area contributed by atoms with Crippen LogP contribution in [0.5, 0.6) is 0 Å². The molecular formula is C42H67N7O6. The van der Waals surface area contributed by atoms with Crippen molar-refractivity contribution in [2.24, 2.45) is 27.6 Å². The maximum atomic E-state index is 14.7. The van der Waals surface area contributed by atoms with Gasteiger partial charge in [0.25, 0.3) is 5.91 Å². The average molecular weight is 766 g/mol. The van der Waals surface area contributed by atoms with Crippen molar-refractivity contribution in [1.29, 1.82) is 0 Å². The van der Waals surface area contributed by atoms with Gasteiger partial charge >= 0.3 is 12.1 Å². The number of carbonyl (C=O) groups is 6. The van der Waals surface area contributed by atoms with Gasteiger partial charge in [-0.1, -0.05) is 113 Å². The second-order valence-electron chi connectivity index (χ2n) is 18.9. The minimum atomic E-state index is -1.06. The quantitative estimate of drug-likeness (QED) is 0.117. The maximum Gasteiger partial charge on any atom is 0.336 e. The van der Waals surface area contributed by atoms with Crippen LogP contribution in [0.15, 0.2) is 43.0 Å². The molecule has 0 saturated carbocycles. The Balaban J connectivity index is 1.87. The van der Waals surface area contributed by atoms with Crippen LogP contribution in [0.2, 0.25) is 0 Å². The Hall–Kier alpha value is -4.42. The Morgan fingerprint density at radius 2 is 1.51 bits per heavy atom. The summed E-state index contributed by atoms with van der Waals surface area (Å²) in [7, 11) is 0. The molecule has 8 amide bonds. The highest BCUT2D eigenvalue weighted by molar-refractivity contribution is 5.98. The summed E-state index contributed by atoms with van der Waals surface area (Å²) in [5, 5.41) is 10.1. The van der Waals surface area contributed by atoms with Gasteiger partial charge in [-0.05, 0) is 52.9 Å². The number of benzene rings is 1. The maximum absolute atomic E-state index is 14.7. The molecule has 13 heteroatoms.